The lowest BCUT2D eigenvalue weighted by Gasteiger charge is -2.22. The Morgan fingerprint density at radius 1 is 0.920 bits per heavy atom. The van der Waals surface area contributed by atoms with Gasteiger partial charge in [-0.2, -0.15) is 0 Å². The van der Waals surface area contributed by atoms with Crippen LogP contribution in [0.4, 0.5) is 0 Å². The van der Waals surface area contributed by atoms with E-state index in [4.69, 9.17) is 9.98 Å². The Balaban J connectivity index is 1.87. The molecule has 2 aromatic carbocycles. The van der Waals surface area contributed by atoms with Crippen molar-refractivity contribution in [1.82, 2.24) is 5.32 Å². The van der Waals surface area contributed by atoms with Gasteiger partial charge in [0, 0.05) is 12.1 Å². The second-order valence-electron chi connectivity index (χ2n) is 6.68. The highest BCUT2D eigenvalue weighted by molar-refractivity contribution is 6.49. The number of aliphatic imine (C=N–C) groups is 2. The van der Waals surface area contributed by atoms with Crippen molar-refractivity contribution in [3.8, 4) is 0 Å². The maximum absolute atomic E-state index is 5.03. The Kier molecular flexibility index (Phi) is 5.64. The third kappa shape index (κ3) is 4.16. The van der Waals surface area contributed by atoms with Gasteiger partial charge in [0.2, 0.25) is 0 Å². The molecule has 2 aromatic rings. The number of nitrogens with zero attached hydrogens (tertiary/aromatic N) is 2. The number of hydrogen-bond donors (Lipinski definition) is 1. The van der Waals surface area contributed by atoms with Crippen LogP contribution in [-0.4, -0.2) is 18.1 Å². The zero-order valence-electron chi connectivity index (χ0n) is 15.2. The van der Waals surface area contributed by atoms with Crippen LogP contribution in [0.5, 0.6) is 0 Å². The highest BCUT2D eigenvalue weighted by Crippen LogP contribution is 2.28. The molecule has 0 saturated heterocycles. The van der Waals surface area contributed by atoms with Crippen LogP contribution in [-0.2, 0) is 5.66 Å². The van der Waals surface area contributed by atoms with Crippen molar-refractivity contribution in [3.05, 3.63) is 71.8 Å². The van der Waals surface area contributed by atoms with Gasteiger partial charge in [0.05, 0.1) is 0 Å². The number of rotatable bonds is 7. The standard InChI is InChI=1S/C22H27N3/c1-3-4-5-12-17-23-21-20(18-13-8-6-9-14-18)24-22(2,25-21)19-15-10-7-11-16-19/h6-11,13-16H,3-5,12,17H2,1-2H3,(H,23,25). The lowest BCUT2D eigenvalue weighted by Crippen LogP contribution is -2.37. The minimum atomic E-state index is -0.464. The molecular weight excluding hydrogens is 306 g/mol. The first kappa shape index (κ1) is 17.4. The third-order valence-corrected chi connectivity index (χ3v) is 4.59. The van der Waals surface area contributed by atoms with Gasteiger partial charge in [-0.3, -0.25) is 4.99 Å². The molecule has 0 fully saturated rings. The fraction of sp³-hybridized carbons (Fsp3) is 0.364. The lowest BCUT2D eigenvalue weighted by atomic mass is 10.0. The Labute approximate surface area is 150 Å². The van der Waals surface area contributed by atoms with Gasteiger partial charge < -0.3 is 5.32 Å². The van der Waals surface area contributed by atoms with Gasteiger partial charge in [-0.05, 0) is 18.9 Å². The van der Waals surface area contributed by atoms with Crippen LogP contribution in [0.1, 0.15) is 50.7 Å². The van der Waals surface area contributed by atoms with Crippen molar-refractivity contribution in [1.29, 1.82) is 0 Å². The SMILES string of the molecule is CCCCCCN=C1NC(C)(c2ccccc2)N=C1c1ccccc1. The van der Waals surface area contributed by atoms with E-state index in [0.717, 1.165) is 35.6 Å². The molecule has 0 spiro atoms. The molecule has 3 heteroatoms. The molecule has 1 unspecified atom stereocenters. The minimum absolute atomic E-state index is 0.464. The van der Waals surface area contributed by atoms with Gasteiger partial charge in [-0.1, -0.05) is 86.8 Å². The fourth-order valence-electron chi connectivity index (χ4n) is 3.13. The predicted octanol–water partition coefficient (Wildman–Crippen LogP) is 4.93. The van der Waals surface area contributed by atoms with Gasteiger partial charge in [0.1, 0.15) is 11.5 Å². The van der Waals surface area contributed by atoms with Crippen molar-refractivity contribution < 1.29 is 0 Å². The van der Waals surface area contributed by atoms with Crippen molar-refractivity contribution in [2.45, 2.75) is 45.2 Å². The number of hydrogen-bond acceptors (Lipinski definition) is 2. The third-order valence-electron chi connectivity index (χ3n) is 4.59. The Bertz CT molecular complexity index is 734. The molecular formula is C22H27N3. The molecule has 1 heterocycles. The maximum Gasteiger partial charge on any atom is 0.154 e. The zero-order valence-corrected chi connectivity index (χ0v) is 15.2. The van der Waals surface area contributed by atoms with Crippen molar-refractivity contribution in [2.75, 3.05) is 6.54 Å². The number of benzene rings is 2. The van der Waals surface area contributed by atoms with E-state index in [0.29, 0.717) is 0 Å². The molecule has 1 aliphatic heterocycles. The number of amidine groups is 1. The summed E-state index contributed by atoms with van der Waals surface area (Å²) in [6.07, 6.45) is 4.89. The maximum atomic E-state index is 5.03. The van der Waals surface area contributed by atoms with E-state index in [1.165, 1.54) is 19.3 Å². The van der Waals surface area contributed by atoms with Crippen LogP contribution in [0, 0.1) is 0 Å². The molecule has 3 nitrogen and oxygen atoms in total. The second-order valence-corrected chi connectivity index (χ2v) is 6.68. The molecule has 0 amide bonds. The molecule has 130 valence electrons. The highest BCUT2D eigenvalue weighted by atomic mass is 15.2. The van der Waals surface area contributed by atoms with E-state index in [1.54, 1.807) is 0 Å². The highest BCUT2D eigenvalue weighted by Gasteiger charge is 2.35. The van der Waals surface area contributed by atoms with E-state index in [-0.39, 0.29) is 0 Å². The molecule has 1 aliphatic rings. The molecule has 0 aliphatic carbocycles. The van der Waals surface area contributed by atoms with Gasteiger partial charge in [0.25, 0.3) is 0 Å². The van der Waals surface area contributed by atoms with Crippen molar-refractivity contribution in [3.63, 3.8) is 0 Å². The molecule has 0 radical (unpaired) electrons. The van der Waals surface area contributed by atoms with Crippen LogP contribution >= 0.6 is 0 Å². The fourth-order valence-corrected chi connectivity index (χ4v) is 3.13. The Morgan fingerprint density at radius 2 is 1.60 bits per heavy atom. The predicted molar refractivity (Wildman–Crippen MR) is 106 cm³/mol. The zero-order chi connectivity index (χ0) is 17.5. The van der Waals surface area contributed by atoms with Crippen LogP contribution < -0.4 is 5.32 Å². The van der Waals surface area contributed by atoms with E-state index in [1.807, 2.05) is 12.1 Å². The first-order valence-electron chi connectivity index (χ1n) is 9.27. The summed E-state index contributed by atoms with van der Waals surface area (Å²) < 4.78 is 0. The van der Waals surface area contributed by atoms with Gasteiger partial charge in [-0.25, -0.2) is 4.99 Å². The summed E-state index contributed by atoms with van der Waals surface area (Å²) in [6.45, 7) is 5.19. The minimum Gasteiger partial charge on any atom is -0.341 e. The topological polar surface area (TPSA) is 36.8 Å². The van der Waals surface area contributed by atoms with Crippen molar-refractivity contribution in [2.24, 2.45) is 9.98 Å². The summed E-state index contributed by atoms with van der Waals surface area (Å²) in [7, 11) is 0. The van der Waals surface area contributed by atoms with E-state index in [2.05, 4.69) is 67.7 Å². The van der Waals surface area contributed by atoms with Gasteiger partial charge in [0.15, 0.2) is 5.66 Å². The number of unbranched alkanes of at least 4 members (excludes halogenated alkanes) is 3. The lowest BCUT2D eigenvalue weighted by molar-refractivity contribution is 0.477. The van der Waals surface area contributed by atoms with Crippen LogP contribution in [0.3, 0.4) is 0 Å². The van der Waals surface area contributed by atoms with Crippen LogP contribution in [0.15, 0.2) is 70.6 Å². The molecule has 1 N–H and O–H groups in total. The van der Waals surface area contributed by atoms with E-state index in [9.17, 15) is 0 Å². The Hall–Kier alpha value is -2.42. The molecule has 1 atom stereocenters. The van der Waals surface area contributed by atoms with E-state index < -0.39 is 5.66 Å². The van der Waals surface area contributed by atoms with Crippen molar-refractivity contribution >= 4 is 11.5 Å². The molecule has 0 aromatic heterocycles. The van der Waals surface area contributed by atoms with Crippen LogP contribution in [0.2, 0.25) is 0 Å². The monoisotopic (exact) mass is 333 g/mol. The molecule has 3 rings (SSSR count). The normalized spacial score (nSPS) is 21.2. The van der Waals surface area contributed by atoms with E-state index >= 15 is 0 Å². The average molecular weight is 333 g/mol. The summed E-state index contributed by atoms with van der Waals surface area (Å²) >= 11 is 0. The summed E-state index contributed by atoms with van der Waals surface area (Å²) in [5.74, 6) is 0.911. The number of nitrogens with one attached hydrogen (secondary N) is 1. The largest absolute Gasteiger partial charge is 0.341 e. The summed E-state index contributed by atoms with van der Waals surface area (Å²) in [4.78, 5) is 9.88. The Morgan fingerprint density at radius 3 is 2.28 bits per heavy atom. The summed E-state index contributed by atoms with van der Waals surface area (Å²) in [6, 6.07) is 20.7. The molecule has 25 heavy (non-hydrogen) atoms. The first-order valence-corrected chi connectivity index (χ1v) is 9.27. The second kappa shape index (κ2) is 8.11. The van der Waals surface area contributed by atoms with Gasteiger partial charge >= 0.3 is 0 Å². The first-order chi connectivity index (χ1) is 12.2. The summed E-state index contributed by atoms with van der Waals surface area (Å²) in [5, 5.41) is 3.57. The van der Waals surface area contributed by atoms with Gasteiger partial charge in [-0.15, -0.1) is 0 Å². The average Bonchev–Trinajstić information content (AvgIpc) is 3.01. The summed E-state index contributed by atoms with van der Waals surface area (Å²) in [5.41, 5.74) is 2.76. The van der Waals surface area contributed by atoms with Crippen LogP contribution in [0.25, 0.3) is 0 Å². The quantitative estimate of drug-likeness (QED) is 0.717. The molecule has 0 saturated carbocycles. The molecule has 0 bridgehead atoms. The smallest absolute Gasteiger partial charge is 0.154 e.